The minimum absolute atomic E-state index is 0.212. The van der Waals surface area contributed by atoms with Crippen LogP contribution in [0.5, 0.6) is 0 Å². The van der Waals surface area contributed by atoms with E-state index in [2.05, 4.69) is 6.92 Å². The third kappa shape index (κ3) is 3.77. The number of hydrogen-bond acceptors (Lipinski definition) is 0. The third-order valence-electron chi connectivity index (χ3n) is 6.25. The highest BCUT2D eigenvalue weighted by Gasteiger charge is 2.32. The molecule has 0 spiro atoms. The molecule has 0 unspecified atom stereocenters. The Morgan fingerprint density at radius 2 is 1.62 bits per heavy atom. The Morgan fingerprint density at radius 3 is 2.34 bits per heavy atom. The van der Waals surface area contributed by atoms with Crippen LogP contribution >= 0.6 is 0 Å². The Bertz CT molecular complexity index is 1020. The van der Waals surface area contributed by atoms with Gasteiger partial charge < -0.3 is 0 Å². The van der Waals surface area contributed by atoms with Crippen LogP contribution in [-0.4, -0.2) is 0 Å². The minimum Gasteiger partial charge on any atom is -0.207 e. The first-order valence-corrected chi connectivity index (χ1v) is 10.3. The smallest absolute Gasteiger partial charge is 0.194 e. The zero-order chi connectivity index (χ0) is 20.5. The Kier molecular flexibility index (Phi) is 5.62. The molecule has 0 aliphatic heterocycles. The molecule has 3 aromatic carbocycles. The van der Waals surface area contributed by atoms with E-state index < -0.39 is 17.5 Å². The van der Waals surface area contributed by atoms with Crippen LogP contribution in [0.4, 0.5) is 17.6 Å². The van der Waals surface area contributed by atoms with E-state index >= 15 is 0 Å². The molecule has 29 heavy (non-hydrogen) atoms. The number of unbranched alkanes of at least 4 members (excludes halogenated alkanes) is 2. The Labute approximate surface area is 168 Å². The molecule has 2 atom stereocenters. The lowest BCUT2D eigenvalue weighted by Crippen LogP contribution is -2.23. The summed E-state index contributed by atoms with van der Waals surface area (Å²) in [6.45, 7) is 2.14. The summed E-state index contributed by atoms with van der Waals surface area (Å²) in [6, 6.07) is 10.9. The molecule has 1 aliphatic rings. The first-order valence-electron chi connectivity index (χ1n) is 10.3. The van der Waals surface area contributed by atoms with Crippen molar-refractivity contribution in [3.8, 4) is 0 Å². The maximum atomic E-state index is 14.0. The number of hydrogen-bond donors (Lipinski definition) is 0. The third-order valence-corrected chi connectivity index (χ3v) is 6.25. The number of rotatable bonds is 5. The normalized spacial score (nSPS) is 18.8. The molecule has 0 radical (unpaired) electrons. The first-order chi connectivity index (χ1) is 14.0. The lowest BCUT2D eigenvalue weighted by Gasteiger charge is -2.35. The fourth-order valence-corrected chi connectivity index (χ4v) is 4.87. The quantitative estimate of drug-likeness (QED) is 0.234. The SMILES string of the molecule is CCCCC[C@@H]1CCc2c(ccc3ccc(F)cc23)[C@H]1c1cc(F)c(F)c(F)c1. The van der Waals surface area contributed by atoms with Crippen molar-refractivity contribution < 1.29 is 17.6 Å². The van der Waals surface area contributed by atoms with Crippen LogP contribution < -0.4 is 0 Å². The van der Waals surface area contributed by atoms with Gasteiger partial charge >= 0.3 is 0 Å². The zero-order valence-corrected chi connectivity index (χ0v) is 16.5. The van der Waals surface area contributed by atoms with Gasteiger partial charge in [-0.2, -0.15) is 0 Å². The van der Waals surface area contributed by atoms with Gasteiger partial charge in [-0.15, -0.1) is 0 Å². The van der Waals surface area contributed by atoms with Crippen LogP contribution in [-0.2, 0) is 6.42 Å². The van der Waals surface area contributed by atoms with Gasteiger partial charge in [0.2, 0.25) is 0 Å². The fraction of sp³-hybridized carbons (Fsp3) is 0.360. The van der Waals surface area contributed by atoms with Gasteiger partial charge in [-0.1, -0.05) is 44.4 Å². The van der Waals surface area contributed by atoms with Crippen molar-refractivity contribution in [2.75, 3.05) is 0 Å². The second-order valence-corrected chi connectivity index (χ2v) is 8.07. The Morgan fingerprint density at radius 1 is 0.897 bits per heavy atom. The molecule has 1 aliphatic carbocycles. The lowest BCUT2D eigenvalue weighted by atomic mass is 9.69. The standard InChI is InChI=1S/C25H24F4/c1-2-3-4-5-16-8-10-19-20(11-7-15-6-9-18(26)14-21(15)19)24(16)17-12-22(27)25(29)23(28)13-17/h6-7,9,11-14,16,24H,2-5,8,10H2,1H3/t16-,24-/m1/s1. The van der Waals surface area contributed by atoms with Crippen LogP contribution in [0.15, 0.2) is 42.5 Å². The van der Waals surface area contributed by atoms with Crippen molar-refractivity contribution in [3.63, 3.8) is 0 Å². The summed E-state index contributed by atoms with van der Waals surface area (Å²) in [5.74, 6) is -4.07. The van der Waals surface area contributed by atoms with Crippen molar-refractivity contribution >= 4 is 10.8 Å². The molecule has 0 saturated heterocycles. The van der Waals surface area contributed by atoms with Crippen molar-refractivity contribution in [3.05, 3.63) is 82.4 Å². The van der Waals surface area contributed by atoms with Crippen LogP contribution in [0, 0.1) is 29.2 Å². The molecule has 0 heterocycles. The molecule has 4 rings (SSSR count). The maximum absolute atomic E-state index is 14.0. The first kappa shape index (κ1) is 19.9. The van der Waals surface area contributed by atoms with E-state index in [1.165, 1.54) is 12.1 Å². The van der Waals surface area contributed by atoms with Gasteiger partial charge in [0.15, 0.2) is 17.5 Å². The zero-order valence-electron chi connectivity index (χ0n) is 16.5. The van der Waals surface area contributed by atoms with Crippen molar-refractivity contribution in [2.45, 2.75) is 51.4 Å². The highest BCUT2D eigenvalue weighted by Crippen LogP contribution is 2.45. The highest BCUT2D eigenvalue weighted by atomic mass is 19.2. The number of fused-ring (bicyclic) bond motifs is 3. The summed E-state index contributed by atoms with van der Waals surface area (Å²) in [6.07, 6.45) is 5.84. The van der Waals surface area contributed by atoms with E-state index in [1.54, 1.807) is 6.07 Å². The maximum Gasteiger partial charge on any atom is 0.194 e. The van der Waals surface area contributed by atoms with Crippen LogP contribution in [0.2, 0.25) is 0 Å². The van der Waals surface area contributed by atoms with Crippen molar-refractivity contribution in [2.24, 2.45) is 5.92 Å². The molecular weight excluding hydrogens is 376 g/mol. The van der Waals surface area contributed by atoms with Crippen molar-refractivity contribution in [1.82, 2.24) is 0 Å². The molecule has 0 bridgehead atoms. The molecular formula is C25H24F4. The molecule has 0 fully saturated rings. The fourth-order valence-electron chi connectivity index (χ4n) is 4.87. The summed E-state index contributed by atoms with van der Waals surface area (Å²) < 4.78 is 55.6. The number of halogens is 4. The predicted molar refractivity (Wildman–Crippen MR) is 108 cm³/mol. The summed E-state index contributed by atoms with van der Waals surface area (Å²) >= 11 is 0. The van der Waals surface area contributed by atoms with Gasteiger partial charge in [-0.3, -0.25) is 0 Å². The minimum atomic E-state index is -1.44. The van der Waals surface area contributed by atoms with Crippen LogP contribution in [0.3, 0.4) is 0 Å². The summed E-state index contributed by atoms with van der Waals surface area (Å²) in [5, 5.41) is 1.80. The largest absolute Gasteiger partial charge is 0.207 e. The van der Waals surface area contributed by atoms with E-state index in [1.807, 2.05) is 12.1 Å². The van der Waals surface area contributed by atoms with Crippen molar-refractivity contribution in [1.29, 1.82) is 0 Å². The summed E-state index contributed by atoms with van der Waals surface area (Å²) in [4.78, 5) is 0. The summed E-state index contributed by atoms with van der Waals surface area (Å²) in [5.41, 5.74) is 2.46. The van der Waals surface area contributed by atoms with Crippen LogP contribution in [0.1, 0.15) is 61.6 Å². The molecule has 0 saturated carbocycles. The number of benzene rings is 3. The summed E-state index contributed by atoms with van der Waals surface area (Å²) in [7, 11) is 0. The molecule has 0 aromatic heterocycles. The molecule has 0 nitrogen and oxygen atoms in total. The molecule has 4 heteroatoms. The topological polar surface area (TPSA) is 0 Å². The van der Waals surface area contributed by atoms with Gasteiger partial charge in [0, 0.05) is 5.92 Å². The van der Waals surface area contributed by atoms with Gasteiger partial charge in [0.25, 0.3) is 0 Å². The van der Waals surface area contributed by atoms with Gasteiger partial charge in [0.1, 0.15) is 5.82 Å². The second-order valence-electron chi connectivity index (χ2n) is 8.07. The monoisotopic (exact) mass is 400 g/mol. The average Bonchev–Trinajstić information content (AvgIpc) is 2.71. The van der Waals surface area contributed by atoms with E-state index in [-0.39, 0.29) is 17.7 Å². The Balaban J connectivity index is 1.86. The van der Waals surface area contributed by atoms with E-state index in [0.29, 0.717) is 5.56 Å². The van der Waals surface area contributed by atoms with E-state index in [9.17, 15) is 17.6 Å². The highest BCUT2D eigenvalue weighted by molar-refractivity contribution is 5.87. The van der Waals surface area contributed by atoms with E-state index in [4.69, 9.17) is 0 Å². The van der Waals surface area contributed by atoms with Gasteiger partial charge in [0.05, 0.1) is 0 Å². The lowest BCUT2D eigenvalue weighted by molar-refractivity contribution is 0.365. The predicted octanol–water partition coefficient (Wildman–Crippen LogP) is 7.67. The Hall–Kier alpha value is -2.36. The van der Waals surface area contributed by atoms with E-state index in [0.717, 1.165) is 72.6 Å². The average molecular weight is 400 g/mol. The molecule has 0 N–H and O–H groups in total. The number of aryl methyl sites for hydroxylation is 1. The molecule has 3 aromatic rings. The van der Waals surface area contributed by atoms with Crippen LogP contribution in [0.25, 0.3) is 10.8 Å². The van der Waals surface area contributed by atoms with Gasteiger partial charge in [-0.25, -0.2) is 17.6 Å². The van der Waals surface area contributed by atoms with Gasteiger partial charge in [-0.05, 0) is 76.9 Å². The second kappa shape index (κ2) is 8.17. The molecule has 152 valence electrons. The molecule has 0 amide bonds.